The topological polar surface area (TPSA) is 48.1 Å². The molecule has 0 saturated carbocycles. The highest BCUT2D eigenvalue weighted by Gasteiger charge is 2.21. The first kappa shape index (κ1) is 10.1. The van der Waals surface area contributed by atoms with Crippen molar-refractivity contribution in [2.24, 2.45) is 0 Å². The molecule has 2 N–H and O–H groups in total. The summed E-state index contributed by atoms with van der Waals surface area (Å²) in [5, 5.41) is 1.05. The van der Waals surface area contributed by atoms with E-state index in [1.54, 1.807) is 13.3 Å². The normalized spacial score (nSPS) is 11.4. The Kier molecular flexibility index (Phi) is 2.61. The standard InChI is InChI=1S/C9H16N2OSi/c1-12-7-5-8(10)9(11-6-7)13(2,3)4/h5-6H,10H2,1-4H3. The van der Waals surface area contributed by atoms with Crippen molar-refractivity contribution in [1.29, 1.82) is 0 Å². The van der Waals surface area contributed by atoms with Gasteiger partial charge in [-0.3, -0.25) is 4.98 Å². The first-order valence-corrected chi connectivity index (χ1v) is 7.75. The van der Waals surface area contributed by atoms with E-state index in [-0.39, 0.29) is 0 Å². The second kappa shape index (κ2) is 3.37. The lowest BCUT2D eigenvalue weighted by Crippen LogP contribution is -2.41. The van der Waals surface area contributed by atoms with Crippen LogP contribution < -0.4 is 15.8 Å². The first-order valence-electron chi connectivity index (χ1n) is 4.25. The van der Waals surface area contributed by atoms with Crippen molar-refractivity contribution in [3.8, 4) is 5.75 Å². The van der Waals surface area contributed by atoms with Crippen molar-refractivity contribution in [2.45, 2.75) is 19.6 Å². The van der Waals surface area contributed by atoms with E-state index in [9.17, 15) is 0 Å². The highest BCUT2D eigenvalue weighted by atomic mass is 28.3. The van der Waals surface area contributed by atoms with Gasteiger partial charge in [-0.05, 0) is 0 Å². The SMILES string of the molecule is COc1cnc([Si](C)(C)C)c(N)c1. The van der Waals surface area contributed by atoms with Crippen LogP contribution in [0.4, 0.5) is 5.69 Å². The molecule has 0 aliphatic carbocycles. The molecule has 0 atom stereocenters. The summed E-state index contributed by atoms with van der Waals surface area (Å²) < 4.78 is 5.04. The van der Waals surface area contributed by atoms with E-state index in [4.69, 9.17) is 10.5 Å². The van der Waals surface area contributed by atoms with Crippen molar-refractivity contribution in [3.05, 3.63) is 12.3 Å². The number of methoxy groups -OCH3 is 1. The molecule has 0 bridgehead atoms. The third-order valence-electron chi connectivity index (χ3n) is 1.84. The molecule has 4 heteroatoms. The van der Waals surface area contributed by atoms with E-state index >= 15 is 0 Å². The van der Waals surface area contributed by atoms with E-state index in [0.29, 0.717) is 0 Å². The Morgan fingerprint density at radius 2 is 2.00 bits per heavy atom. The number of pyridine rings is 1. The number of anilines is 1. The Morgan fingerprint density at radius 1 is 1.38 bits per heavy atom. The zero-order valence-electron chi connectivity index (χ0n) is 8.59. The van der Waals surface area contributed by atoms with Gasteiger partial charge in [-0.15, -0.1) is 0 Å². The Balaban J connectivity index is 3.13. The quantitative estimate of drug-likeness (QED) is 0.723. The lowest BCUT2D eigenvalue weighted by atomic mass is 10.4. The molecule has 0 unspecified atom stereocenters. The molecule has 0 aliphatic rings. The Morgan fingerprint density at radius 3 is 2.38 bits per heavy atom. The fourth-order valence-corrected chi connectivity index (χ4v) is 2.59. The number of aromatic nitrogens is 1. The lowest BCUT2D eigenvalue weighted by molar-refractivity contribution is 0.413. The molecule has 0 radical (unpaired) electrons. The summed E-state index contributed by atoms with van der Waals surface area (Å²) in [6.07, 6.45) is 1.73. The number of hydrogen-bond donors (Lipinski definition) is 1. The summed E-state index contributed by atoms with van der Waals surface area (Å²) in [5.41, 5.74) is 6.62. The highest BCUT2D eigenvalue weighted by molar-refractivity contribution is 6.89. The zero-order chi connectivity index (χ0) is 10.1. The minimum atomic E-state index is -1.41. The van der Waals surface area contributed by atoms with Crippen LogP contribution in [0.5, 0.6) is 5.75 Å². The molecule has 0 fully saturated rings. The van der Waals surface area contributed by atoms with Gasteiger partial charge >= 0.3 is 0 Å². The second-order valence-corrected chi connectivity index (χ2v) is 9.04. The summed E-state index contributed by atoms with van der Waals surface area (Å²) in [5.74, 6) is 0.722. The maximum atomic E-state index is 5.88. The van der Waals surface area contributed by atoms with Gasteiger partial charge in [0.1, 0.15) is 13.8 Å². The van der Waals surface area contributed by atoms with Crippen LogP contribution in [0.15, 0.2) is 12.3 Å². The van der Waals surface area contributed by atoms with Crippen molar-refractivity contribution in [3.63, 3.8) is 0 Å². The molecular weight excluding hydrogens is 180 g/mol. The average Bonchev–Trinajstić information content (AvgIpc) is 2.01. The van der Waals surface area contributed by atoms with Crippen molar-refractivity contribution in [1.82, 2.24) is 4.98 Å². The van der Waals surface area contributed by atoms with Gasteiger partial charge in [0.05, 0.1) is 19.0 Å². The average molecular weight is 196 g/mol. The predicted molar refractivity (Wildman–Crippen MR) is 58.2 cm³/mol. The summed E-state index contributed by atoms with van der Waals surface area (Å²) in [6, 6.07) is 1.83. The lowest BCUT2D eigenvalue weighted by Gasteiger charge is -2.17. The maximum Gasteiger partial charge on any atom is 0.139 e. The van der Waals surface area contributed by atoms with Crippen LogP contribution in [0.2, 0.25) is 19.6 Å². The Hall–Kier alpha value is -1.03. The third kappa shape index (κ3) is 2.21. The van der Waals surface area contributed by atoms with E-state index in [0.717, 1.165) is 16.8 Å². The largest absolute Gasteiger partial charge is 0.495 e. The van der Waals surface area contributed by atoms with Crippen LogP contribution in [-0.2, 0) is 0 Å². The predicted octanol–water partition coefficient (Wildman–Crippen LogP) is 1.22. The van der Waals surface area contributed by atoms with E-state index in [2.05, 4.69) is 24.6 Å². The summed E-state index contributed by atoms with van der Waals surface area (Å²) >= 11 is 0. The van der Waals surface area contributed by atoms with E-state index in [1.165, 1.54) is 0 Å². The number of nitrogens with two attached hydrogens (primary N) is 1. The number of ether oxygens (including phenoxy) is 1. The molecule has 1 rings (SSSR count). The van der Waals surface area contributed by atoms with Crippen molar-refractivity contribution >= 4 is 19.1 Å². The summed E-state index contributed by atoms with van der Waals surface area (Å²) in [7, 11) is 0.210. The number of nitrogen functional groups attached to an aromatic ring is 1. The van der Waals surface area contributed by atoms with Gasteiger partial charge in [0.2, 0.25) is 0 Å². The van der Waals surface area contributed by atoms with Crippen LogP contribution in [0.3, 0.4) is 0 Å². The second-order valence-electron chi connectivity index (χ2n) is 4.06. The third-order valence-corrected chi connectivity index (χ3v) is 3.68. The van der Waals surface area contributed by atoms with Gasteiger partial charge in [-0.1, -0.05) is 19.6 Å². The first-order chi connectivity index (χ1) is 5.95. The zero-order valence-corrected chi connectivity index (χ0v) is 9.59. The molecule has 1 aromatic heterocycles. The summed E-state index contributed by atoms with van der Waals surface area (Å²) in [6.45, 7) is 6.66. The molecule has 0 aromatic carbocycles. The van der Waals surface area contributed by atoms with Crippen LogP contribution in [0.25, 0.3) is 0 Å². The molecule has 0 amide bonds. The molecule has 3 nitrogen and oxygen atoms in total. The van der Waals surface area contributed by atoms with Gasteiger partial charge in [-0.25, -0.2) is 0 Å². The monoisotopic (exact) mass is 196 g/mol. The van der Waals surface area contributed by atoms with Gasteiger partial charge in [-0.2, -0.15) is 0 Å². The highest BCUT2D eigenvalue weighted by Crippen LogP contribution is 2.13. The maximum absolute atomic E-state index is 5.88. The summed E-state index contributed by atoms with van der Waals surface area (Å²) in [4.78, 5) is 4.33. The smallest absolute Gasteiger partial charge is 0.139 e. The van der Waals surface area contributed by atoms with Gasteiger partial charge in [0.15, 0.2) is 0 Å². The van der Waals surface area contributed by atoms with Crippen molar-refractivity contribution < 1.29 is 4.74 Å². The molecule has 72 valence electrons. The molecule has 13 heavy (non-hydrogen) atoms. The van der Waals surface area contributed by atoms with Crippen LogP contribution in [0.1, 0.15) is 0 Å². The molecular formula is C9H16N2OSi. The molecule has 0 saturated heterocycles. The van der Waals surface area contributed by atoms with Crippen molar-refractivity contribution in [2.75, 3.05) is 12.8 Å². The molecule has 0 spiro atoms. The van der Waals surface area contributed by atoms with Gasteiger partial charge < -0.3 is 10.5 Å². The molecule has 1 heterocycles. The van der Waals surface area contributed by atoms with E-state index < -0.39 is 8.07 Å². The fourth-order valence-electron chi connectivity index (χ4n) is 1.20. The van der Waals surface area contributed by atoms with Crippen LogP contribution >= 0.6 is 0 Å². The fraction of sp³-hybridized carbons (Fsp3) is 0.444. The number of rotatable bonds is 2. The van der Waals surface area contributed by atoms with Gasteiger partial charge in [0, 0.05) is 11.4 Å². The van der Waals surface area contributed by atoms with Gasteiger partial charge in [0.25, 0.3) is 0 Å². The number of hydrogen-bond acceptors (Lipinski definition) is 3. The van der Waals surface area contributed by atoms with Crippen LogP contribution in [0, 0.1) is 0 Å². The minimum Gasteiger partial charge on any atom is -0.495 e. The Bertz CT molecular complexity index is 307. The minimum absolute atomic E-state index is 0.722. The Labute approximate surface area is 79.9 Å². The molecule has 1 aromatic rings. The molecule has 0 aliphatic heterocycles. The van der Waals surface area contributed by atoms with E-state index in [1.807, 2.05) is 6.07 Å². The van der Waals surface area contributed by atoms with Crippen LogP contribution in [-0.4, -0.2) is 20.2 Å². The number of nitrogens with zero attached hydrogens (tertiary/aromatic N) is 1.